The van der Waals surface area contributed by atoms with Crippen molar-refractivity contribution in [3.8, 4) is 5.75 Å². The van der Waals surface area contributed by atoms with Crippen molar-refractivity contribution in [2.45, 2.75) is 26.7 Å². The van der Waals surface area contributed by atoms with Crippen LogP contribution in [-0.2, 0) is 9.53 Å². The number of aryl methyl sites for hydroxylation is 1. The van der Waals surface area contributed by atoms with Crippen LogP contribution < -0.4 is 4.74 Å². The number of unbranched alkanes of at least 4 members (excludes halogenated alkanes) is 1. The van der Waals surface area contributed by atoms with E-state index in [0.717, 1.165) is 35.3 Å². The molecular formula is C21H21NO3. The highest BCUT2D eigenvalue weighted by atomic mass is 16.6. The molecule has 0 radical (unpaired) electrons. The Labute approximate surface area is 147 Å². The Morgan fingerprint density at radius 2 is 1.88 bits per heavy atom. The van der Waals surface area contributed by atoms with E-state index in [1.54, 1.807) is 6.08 Å². The molecule has 1 heterocycles. The number of aliphatic imine (C=N–C) groups is 1. The highest BCUT2D eigenvalue weighted by molar-refractivity contribution is 6.12. The van der Waals surface area contributed by atoms with E-state index in [1.807, 2.05) is 55.5 Å². The van der Waals surface area contributed by atoms with Crippen LogP contribution in [0.1, 0.15) is 36.5 Å². The molecule has 0 fully saturated rings. The molecule has 128 valence electrons. The highest BCUT2D eigenvalue weighted by Gasteiger charge is 2.24. The van der Waals surface area contributed by atoms with Crippen molar-refractivity contribution in [1.29, 1.82) is 0 Å². The predicted octanol–water partition coefficient (Wildman–Crippen LogP) is 4.52. The van der Waals surface area contributed by atoms with Crippen LogP contribution in [0, 0.1) is 6.92 Å². The molecular weight excluding hydrogens is 314 g/mol. The molecule has 0 amide bonds. The Morgan fingerprint density at radius 3 is 2.64 bits per heavy atom. The van der Waals surface area contributed by atoms with Gasteiger partial charge in [-0.1, -0.05) is 49.2 Å². The first-order valence-electron chi connectivity index (χ1n) is 8.49. The van der Waals surface area contributed by atoms with Gasteiger partial charge in [-0.3, -0.25) is 0 Å². The van der Waals surface area contributed by atoms with Gasteiger partial charge in [0.25, 0.3) is 0 Å². The average Bonchev–Trinajstić information content (AvgIpc) is 2.98. The lowest BCUT2D eigenvalue weighted by Gasteiger charge is -2.08. The maximum atomic E-state index is 12.2. The zero-order valence-corrected chi connectivity index (χ0v) is 14.5. The van der Waals surface area contributed by atoms with Crippen LogP contribution in [0.25, 0.3) is 6.08 Å². The summed E-state index contributed by atoms with van der Waals surface area (Å²) in [5, 5.41) is 0. The van der Waals surface area contributed by atoms with Gasteiger partial charge < -0.3 is 9.47 Å². The molecule has 25 heavy (non-hydrogen) atoms. The lowest BCUT2D eigenvalue weighted by Crippen LogP contribution is -2.05. The number of benzene rings is 2. The molecule has 0 atom stereocenters. The minimum absolute atomic E-state index is 0.280. The molecule has 0 saturated carbocycles. The maximum absolute atomic E-state index is 12.2. The van der Waals surface area contributed by atoms with Crippen LogP contribution in [0.3, 0.4) is 0 Å². The van der Waals surface area contributed by atoms with Gasteiger partial charge in [-0.15, -0.1) is 0 Å². The van der Waals surface area contributed by atoms with Crippen molar-refractivity contribution in [3.63, 3.8) is 0 Å². The van der Waals surface area contributed by atoms with Crippen LogP contribution in [0.4, 0.5) is 0 Å². The summed E-state index contributed by atoms with van der Waals surface area (Å²) in [6, 6.07) is 15.3. The lowest BCUT2D eigenvalue weighted by molar-refractivity contribution is -0.129. The zero-order chi connectivity index (χ0) is 17.6. The predicted molar refractivity (Wildman–Crippen MR) is 98.6 cm³/mol. The number of cyclic esters (lactones) is 1. The van der Waals surface area contributed by atoms with E-state index in [4.69, 9.17) is 9.47 Å². The fourth-order valence-electron chi connectivity index (χ4n) is 2.43. The normalized spacial score (nSPS) is 15.2. The van der Waals surface area contributed by atoms with Gasteiger partial charge in [0, 0.05) is 11.1 Å². The average molecular weight is 335 g/mol. The Bertz CT molecular complexity index is 819. The molecule has 2 aromatic carbocycles. The molecule has 0 bridgehead atoms. The summed E-state index contributed by atoms with van der Waals surface area (Å²) in [4.78, 5) is 16.5. The first-order valence-corrected chi connectivity index (χ1v) is 8.49. The number of hydrogen-bond acceptors (Lipinski definition) is 4. The summed E-state index contributed by atoms with van der Waals surface area (Å²) in [6.07, 6.45) is 3.77. The molecule has 0 unspecified atom stereocenters. The molecule has 4 nitrogen and oxygen atoms in total. The van der Waals surface area contributed by atoms with Gasteiger partial charge >= 0.3 is 5.97 Å². The molecule has 3 rings (SSSR count). The van der Waals surface area contributed by atoms with E-state index in [2.05, 4.69) is 11.9 Å². The smallest absolute Gasteiger partial charge is 0.363 e. The van der Waals surface area contributed by atoms with Crippen LogP contribution in [0.5, 0.6) is 5.75 Å². The Balaban J connectivity index is 1.86. The third-order valence-electron chi connectivity index (χ3n) is 3.89. The highest BCUT2D eigenvalue weighted by Crippen LogP contribution is 2.25. The molecule has 1 aliphatic heterocycles. The minimum atomic E-state index is -0.445. The van der Waals surface area contributed by atoms with Crippen molar-refractivity contribution < 1.29 is 14.3 Å². The number of carbonyl (C=O) groups excluding carboxylic acids is 1. The van der Waals surface area contributed by atoms with Gasteiger partial charge in [0.05, 0.1) is 6.61 Å². The fraction of sp³-hybridized carbons (Fsp3) is 0.238. The molecule has 0 aromatic heterocycles. The molecule has 1 aliphatic rings. The van der Waals surface area contributed by atoms with Crippen molar-refractivity contribution in [1.82, 2.24) is 0 Å². The lowest BCUT2D eigenvalue weighted by atomic mass is 10.1. The van der Waals surface area contributed by atoms with Crippen molar-refractivity contribution >= 4 is 17.9 Å². The summed E-state index contributed by atoms with van der Waals surface area (Å²) in [5.74, 6) is 0.634. The second-order valence-corrected chi connectivity index (χ2v) is 5.94. The first-order chi connectivity index (χ1) is 12.2. The van der Waals surface area contributed by atoms with Crippen LogP contribution in [0.15, 0.2) is 59.2 Å². The van der Waals surface area contributed by atoms with E-state index in [-0.39, 0.29) is 5.70 Å². The molecule has 4 heteroatoms. The van der Waals surface area contributed by atoms with E-state index >= 15 is 0 Å². The minimum Gasteiger partial charge on any atom is -0.493 e. The van der Waals surface area contributed by atoms with Gasteiger partial charge in [0.2, 0.25) is 5.90 Å². The number of carbonyl (C=O) groups is 1. The summed E-state index contributed by atoms with van der Waals surface area (Å²) in [7, 11) is 0. The Hall–Kier alpha value is -2.88. The topological polar surface area (TPSA) is 47.9 Å². The molecule has 0 saturated heterocycles. The van der Waals surface area contributed by atoms with E-state index < -0.39 is 5.97 Å². The SMILES string of the molecule is CCCCOc1ccccc1C=C1N=C(c2ccc(C)cc2)OC1=O. The standard InChI is InChI=1S/C21H21NO3/c1-3-4-13-24-19-8-6-5-7-17(19)14-18-21(23)25-20(22-18)16-11-9-15(2)10-12-16/h5-12,14H,3-4,13H2,1-2H3. The monoisotopic (exact) mass is 335 g/mol. The summed E-state index contributed by atoms with van der Waals surface area (Å²) in [6.45, 7) is 4.78. The van der Waals surface area contributed by atoms with E-state index in [0.29, 0.717) is 12.5 Å². The van der Waals surface area contributed by atoms with Gasteiger partial charge in [0.15, 0.2) is 5.70 Å². The second-order valence-electron chi connectivity index (χ2n) is 5.94. The largest absolute Gasteiger partial charge is 0.493 e. The van der Waals surface area contributed by atoms with Crippen LogP contribution >= 0.6 is 0 Å². The van der Waals surface area contributed by atoms with Crippen LogP contribution in [-0.4, -0.2) is 18.5 Å². The number of hydrogen-bond donors (Lipinski definition) is 0. The van der Waals surface area contributed by atoms with Crippen molar-refractivity contribution in [2.75, 3.05) is 6.61 Å². The van der Waals surface area contributed by atoms with E-state index in [9.17, 15) is 4.79 Å². The third kappa shape index (κ3) is 4.15. The van der Waals surface area contributed by atoms with Crippen molar-refractivity contribution in [3.05, 3.63) is 70.9 Å². The fourth-order valence-corrected chi connectivity index (χ4v) is 2.43. The summed E-state index contributed by atoms with van der Waals surface area (Å²) >= 11 is 0. The molecule has 0 N–H and O–H groups in total. The molecule has 0 aliphatic carbocycles. The molecule has 0 spiro atoms. The maximum Gasteiger partial charge on any atom is 0.363 e. The summed E-state index contributed by atoms with van der Waals surface area (Å²) in [5.41, 5.74) is 3.03. The van der Waals surface area contributed by atoms with Gasteiger partial charge in [-0.25, -0.2) is 9.79 Å². The number of esters is 1. The van der Waals surface area contributed by atoms with Gasteiger partial charge in [-0.05, 0) is 37.6 Å². The van der Waals surface area contributed by atoms with Gasteiger partial charge in [0.1, 0.15) is 5.75 Å². The molecule has 2 aromatic rings. The Morgan fingerprint density at radius 1 is 1.12 bits per heavy atom. The Kier molecular flexibility index (Phi) is 5.29. The quantitative estimate of drug-likeness (QED) is 0.443. The second kappa shape index (κ2) is 7.79. The van der Waals surface area contributed by atoms with Crippen LogP contribution in [0.2, 0.25) is 0 Å². The first kappa shape index (κ1) is 17.0. The number of nitrogens with zero attached hydrogens (tertiary/aromatic N) is 1. The van der Waals surface area contributed by atoms with Crippen molar-refractivity contribution in [2.24, 2.45) is 4.99 Å². The summed E-state index contributed by atoms with van der Waals surface area (Å²) < 4.78 is 11.1. The van der Waals surface area contributed by atoms with E-state index in [1.165, 1.54) is 0 Å². The number of para-hydroxylation sites is 1. The number of ether oxygens (including phenoxy) is 2. The third-order valence-corrected chi connectivity index (χ3v) is 3.89. The number of rotatable bonds is 6. The zero-order valence-electron chi connectivity index (χ0n) is 14.5. The van der Waals surface area contributed by atoms with Gasteiger partial charge in [-0.2, -0.15) is 0 Å².